The van der Waals surface area contributed by atoms with Crippen LogP contribution >= 0.6 is 24.6 Å². The lowest BCUT2D eigenvalue weighted by atomic mass is 9.98. The number of halogens is 2. The minimum Gasteiger partial charge on any atom is -0.219 e. The van der Waals surface area contributed by atoms with Crippen molar-refractivity contribution in [1.29, 1.82) is 0 Å². The second kappa shape index (κ2) is 4.98. The average molecular weight is 293 g/mol. The zero-order chi connectivity index (χ0) is 13.4. The number of nitrogens with zero attached hydrogens (tertiary/aromatic N) is 1. The summed E-state index contributed by atoms with van der Waals surface area (Å²) in [6, 6.07) is 10.3. The van der Waals surface area contributed by atoms with Crippen molar-refractivity contribution in [3.05, 3.63) is 64.7 Å². The number of hydrogen-bond donors (Lipinski definition) is 1. The molecule has 96 valence electrons. The van der Waals surface area contributed by atoms with Crippen LogP contribution < -0.4 is 0 Å². The Bertz CT molecular complexity index is 683. The highest BCUT2D eigenvalue weighted by molar-refractivity contribution is 7.98. The van der Waals surface area contributed by atoms with Crippen LogP contribution in [0.3, 0.4) is 0 Å². The van der Waals surface area contributed by atoms with Crippen LogP contribution in [-0.4, -0.2) is 5.71 Å². The maximum Gasteiger partial charge on any atom is 0.163 e. The molecule has 0 bridgehead atoms. The van der Waals surface area contributed by atoms with Crippen molar-refractivity contribution in [3.8, 4) is 0 Å². The van der Waals surface area contributed by atoms with E-state index >= 15 is 0 Å². The Kier molecular flexibility index (Phi) is 3.33. The van der Waals surface area contributed by atoms with Crippen molar-refractivity contribution in [1.82, 2.24) is 0 Å². The minimum atomic E-state index is -0.830. The summed E-state index contributed by atoms with van der Waals surface area (Å²) in [4.78, 5) is 0.992. The second-order valence-corrected chi connectivity index (χ2v) is 5.34. The van der Waals surface area contributed by atoms with Crippen molar-refractivity contribution in [3.63, 3.8) is 0 Å². The molecule has 2 aromatic carbocycles. The number of fused-ring (bicyclic) bond motifs is 2. The van der Waals surface area contributed by atoms with Gasteiger partial charge in [0.2, 0.25) is 0 Å². The maximum atomic E-state index is 13.9. The molecule has 3 rings (SSSR count). The Morgan fingerprint density at radius 3 is 2.63 bits per heavy atom. The highest BCUT2D eigenvalue weighted by Gasteiger charge is 2.23. The molecule has 0 aliphatic carbocycles. The fraction of sp³-hybridized carbons (Fsp3) is 0.0714. The van der Waals surface area contributed by atoms with Crippen LogP contribution in [0.4, 0.5) is 8.78 Å². The van der Waals surface area contributed by atoms with Crippen molar-refractivity contribution >= 4 is 30.3 Å². The first-order valence-electron chi connectivity index (χ1n) is 5.64. The average Bonchev–Trinajstić information content (AvgIpc) is 2.59. The van der Waals surface area contributed by atoms with Crippen LogP contribution in [0.1, 0.15) is 16.7 Å². The molecular formula is C14H9F2NS2. The van der Waals surface area contributed by atoms with Gasteiger partial charge < -0.3 is 0 Å². The van der Waals surface area contributed by atoms with Crippen LogP contribution in [0, 0.1) is 11.6 Å². The smallest absolute Gasteiger partial charge is 0.163 e. The molecule has 0 radical (unpaired) electrons. The topological polar surface area (TPSA) is 12.4 Å². The van der Waals surface area contributed by atoms with Crippen molar-refractivity contribution in [2.45, 2.75) is 10.6 Å². The van der Waals surface area contributed by atoms with E-state index < -0.39 is 11.6 Å². The van der Waals surface area contributed by atoms with Gasteiger partial charge in [-0.2, -0.15) is 0 Å². The predicted octanol–water partition coefficient (Wildman–Crippen LogP) is 4.25. The van der Waals surface area contributed by atoms with E-state index in [2.05, 4.69) is 17.2 Å². The first-order chi connectivity index (χ1) is 9.22. The van der Waals surface area contributed by atoms with E-state index in [1.54, 1.807) is 6.07 Å². The van der Waals surface area contributed by atoms with E-state index in [9.17, 15) is 8.78 Å². The van der Waals surface area contributed by atoms with Gasteiger partial charge in [0.25, 0.3) is 0 Å². The van der Waals surface area contributed by atoms with E-state index in [1.165, 1.54) is 11.8 Å². The van der Waals surface area contributed by atoms with Gasteiger partial charge in [0.15, 0.2) is 11.6 Å². The van der Waals surface area contributed by atoms with Crippen molar-refractivity contribution < 1.29 is 8.78 Å². The van der Waals surface area contributed by atoms with Gasteiger partial charge in [0, 0.05) is 27.3 Å². The van der Waals surface area contributed by atoms with Gasteiger partial charge in [0.05, 0.1) is 5.71 Å². The molecular weight excluding hydrogens is 284 g/mol. The molecule has 0 N–H and O–H groups in total. The first-order valence-corrected chi connectivity index (χ1v) is 7.02. The van der Waals surface area contributed by atoms with Gasteiger partial charge in [0.1, 0.15) is 0 Å². The zero-order valence-electron chi connectivity index (χ0n) is 9.73. The van der Waals surface area contributed by atoms with Gasteiger partial charge in [-0.05, 0) is 31.0 Å². The molecule has 0 saturated heterocycles. The number of rotatable bonds is 0. The second-order valence-electron chi connectivity index (χ2n) is 4.12. The molecule has 2 aromatic rings. The molecule has 0 spiro atoms. The van der Waals surface area contributed by atoms with Gasteiger partial charge >= 0.3 is 0 Å². The van der Waals surface area contributed by atoms with E-state index in [4.69, 9.17) is 0 Å². The summed E-state index contributed by atoms with van der Waals surface area (Å²) in [6.07, 6.45) is 0. The van der Waals surface area contributed by atoms with E-state index in [1.807, 2.05) is 24.3 Å². The molecule has 1 aliphatic rings. The lowest BCUT2D eigenvalue weighted by molar-refractivity contribution is 0.502. The lowest BCUT2D eigenvalue weighted by Gasteiger charge is -2.09. The molecule has 1 heterocycles. The third-order valence-corrected chi connectivity index (χ3v) is 4.37. The predicted molar refractivity (Wildman–Crippen MR) is 77.0 cm³/mol. The summed E-state index contributed by atoms with van der Waals surface area (Å²) in [6.45, 7) is 0. The summed E-state index contributed by atoms with van der Waals surface area (Å²) in [5.74, 6) is -1.25. The standard InChI is InChI=1S/C14H9F2NS2/c15-11-6-5-8-10(13(11)16)7-19-12-4-2-1-3-9(12)14(8)17-18/h1-6,18H,7H2. The number of benzene rings is 2. The van der Waals surface area contributed by atoms with Crippen molar-refractivity contribution in [2.24, 2.45) is 4.40 Å². The van der Waals surface area contributed by atoms with Crippen molar-refractivity contribution in [2.75, 3.05) is 0 Å². The molecule has 0 saturated carbocycles. The highest BCUT2D eigenvalue weighted by Crippen LogP contribution is 2.35. The summed E-state index contributed by atoms with van der Waals surface area (Å²) in [5, 5.41) is 0. The van der Waals surface area contributed by atoms with Crippen LogP contribution in [0.15, 0.2) is 45.7 Å². The lowest BCUT2D eigenvalue weighted by Crippen LogP contribution is -2.07. The molecule has 0 unspecified atom stereocenters. The van der Waals surface area contributed by atoms with Gasteiger partial charge in [-0.15, -0.1) is 11.8 Å². The van der Waals surface area contributed by atoms with E-state index in [-0.39, 0.29) is 0 Å². The molecule has 0 fully saturated rings. The van der Waals surface area contributed by atoms with Crippen LogP contribution in [0.25, 0.3) is 0 Å². The Morgan fingerprint density at radius 2 is 1.84 bits per heavy atom. The summed E-state index contributed by atoms with van der Waals surface area (Å²) in [7, 11) is 0. The normalized spacial score (nSPS) is 15.8. The Hall–Kier alpha value is -1.33. The summed E-state index contributed by atoms with van der Waals surface area (Å²) >= 11 is 5.46. The number of hydrogen-bond acceptors (Lipinski definition) is 3. The third-order valence-electron chi connectivity index (χ3n) is 3.07. The van der Waals surface area contributed by atoms with Crippen LogP contribution in [-0.2, 0) is 5.75 Å². The molecule has 0 aromatic heterocycles. The van der Waals surface area contributed by atoms with E-state index in [0.717, 1.165) is 16.5 Å². The number of thiol groups is 1. The Labute approximate surface area is 119 Å². The summed E-state index contributed by atoms with van der Waals surface area (Å²) < 4.78 is 31.3. The van der Waals surface area contributed by atoms with Crippen LogP contribution in [0.2, 0.25) is 0 Å². The highest BCUT2D eigenvalue weighted by atomic mass is 32.2. The number of thioether (sulfide) groups is 1. The maximum absolute atomic E-state index is 13.9. The summed E-state index contributed by atoms with van der Waals surface area (Å²) in [5.41, 5.74) is 2.42. The molecule has 19 heavy (non-hydrogen) atoms. The quantitative estimate of drug-likeness (QED) is 0.716. The minimum absolute atomic E-state index is 0.342. The van der Waals surface area contributed by atoms with Gasteiger partial charge in [-0.25, -0.2) is 13.2 Å². The zero-order valence-corrected chi connectivity index (χ0v) is 11.4. The SMILES string of the molecule is Fc1ccc2c(c1F)CSc1ccccc1C2=NS. The Morgan fingerprint density at radius 1 is 1.05 bits per heavy atom. The molecule has 5 heteroatoms. The molecule has 0 atom stereocenters. The first kappa shape index (κ1) is 12.7. The molecule has 0 amide bonds. The van der Waals surface area contributed by atoms with Gasteiger partial charge in [-0.1, -0.05) is 18.2 Å². The fourth-order valence-corrected chi connectivity index (χ4v) is 3.44. The van der Waals surface area contributed by atoms with E-state index in [0.29, 0.717) is 22.6 Å². The largest absolute Gasteiger partial charge is 0.219 e. The Balaban J connectivity index is 2.29. The monoisotopic (exact) mass is 293 g/mol. The van der Waals surface area contributed by atoms with Crippen LogP contribution in [0.5, 0.6) is 0 Å². The van der Waals surface area contributed by atoms with Gasteiger partial charge in [-0.3, -0.25) is 0 Å². The third kappa shape index (κ3) is 2.07. The fourth-order valence-electron chi connectivity index (χ4n) is 2.15. The molecule has 1 nitrogen and oxygen atoms in total. The molecule has 1 aliphatic heterocycles.